The molecule has 1 aromatic rings. The quantitative estimate of drug-likeness (QED) is 0.800. The van der Waals surface area contributed by atoms with E-state index in [1.165, 1.54) is 5.56 Å². The average Bonchev–Trinajstić information content (AvgIpc) is 3.12. The van der Waals surface area contributed by atoms with Crippen molar-refractivity contribution in [3.63, 3.8) is 0 Å². The van der Waals surface area contributed by atoms with E-state index in [1.807, 2.05) is 18.2 Å². The molecule has 0 radical (unpaired) electrons. The molecule has 0 aliphatic heterocycles. The molecule has 0 heterocycles. The molecular formula is C14H20O2. The molecule has 0 amide bonds. The first-order valence-corrected chi connectivity index (χ1v) is 6.17. The number of aliphatic hydroxyl groups excluding tert-OH is 2. The summed E-state index contributed by atoms with van der Waals surface area (Å²) in [6.07, 6.45) is 2.92. The summed E-state index contributed by atoms with van der Waals surface area (Å²) in [7, 11) is 0. The molecule has 2 unspecified atom stereocenters. The van der Waals surface area contributed by atoms with Crippen LogP contribution in [0.2, 0.25) is 0 Å². The Balaban J connectivity index is 2.09. The molecule has 0 spiro atoms. The van der Waals surface area contributed by atoms with Crippen molar-refractivity contribution in [1.82, 2.24) is 0 Å². The number of rotatable bonds is 5. The van der Waals surface area contributed by atoms with Gasteiger partial charge in [-0.2, -0.15) is 0 Å². The minimum absolute atomic E-state index is 0.310. The number of benzene rings is 1. The molecule has 2 atom stereocenters. The maximum Gasteiger partial charge on any atom is 0.105 e. The zero-order valence-corrected chi connectivity index (χ0v) is 9.76. The third-order valence-corrected chi connectivity index (χ3v) is 3.26. The van der Waals surface area contributed by atoms with Crippen LogP contribution in [0, 0.1) is 5.92 Å². The molecular weight excluding hydrogens is 200 g/mol. The minimum atomic E-state index is -0.718. The van der Waals surface area contributed by atoms with Gasteiger partial charge in [-0.05, 0) is 36.3 Å². The van der Waals surface area contributed by atoms with Crippen molar-refractivity contribution in [1.29, 1.82) is 0 Å². The Kier molecular flexibility index (Phi) is 3.62. The maximum absolute atomic E-state index is 10.0. The number of hydrogen-bond acceptors (Lipinski definition) is 2. The van der Waals surface area contributed by atoms with Gasteiger partial charge in [0.2, 0.25) is 0 Å². The van der Waals surface area contributed by atoms with Crippen LogP contribution >= 0.6 is 0 Å². The predicted octanol–water partition coefficient (Wildman–Crippen LogP) is 2.44. The third kappa shape index (κ3) is 2.63. The van der Waals surface area contributed by atoms with Crippen LogP contribution < -0.4 is 0 Å². The van der Waals surface area contributed by atoms with Crippen LogP contribution in [0.5, 0.6) is 0 Å². The van der Waals surface area contributed by atoms with E-state index in [0.29, 0.717) is 5.92 Å². The van der Waals surface area contributed by atoms with Crippen molar-refractivity contribution in [2.75, 3.05) is 0 Å². The van der Waals surface area contributed by atoms with Gasteiger partial charge in [-0.25, -0.2) is 0 Å². The van der Waals surface area contributed by atoms with Gasteiger partial charge in [0.15, 0.2) is 0 Å². The molecule has 0 aromatic heterocycles. The van der Waals surface area contributed by atoms with E-state index in [2.05, 4.69) is 13.0 Å². The molecule has 1 aliphatic carbocycles. The zero-order chi connectivity index (χ0) is 11.5. The Hall–Kier alpha value is -0.860. The number of aryl methyl sites for hydroxylation is 1. The monoisotopic (exact) mass is 220 g/mol. The summed E-state index contributed by atoms with van der Waals surface area (Å²) < 4.78 is 0. The van der Waals surface area contributed by atoms with Crippen LogP contribution in [0.15, 0.2) is 24.3 Å². The highest BCUT2D eigenvalue weighted by Gasteiger charge is 2.35. The Morgan fingerprint density at radius 2 is 2.06 bits per heavy atom. The molecule has 2 heteroatoms. The molecule has 16 heavy (non-hydrogen) atoms. The highest BCUT2D eigenvalue weighted by molar-refractivity contribution is 5.26. The van der Waals surface area contributed by atoms with Gasteiger partial charge in [-0.15, -0.1) is 0 Å². The van der Waals surface area contributed by atoms with Gasteiger partial charge >= 0.3 is 0 Å². The first-order valence-electron chi connectivity index (χ1n) is 6.17. The zero-order valence-electron chi connectivity index (χ0n) is 9.76. The molecule has 1 fully saturated rings. The van der Waals surface area contributed by atoms with Crippen LogP contribution in [-0.4, -0.2) is 16.3 Å². The lowest BCUT2D eigenvalue weighted by Gasteiger charge is -2.18. The predicted molar refractivity (Wildman–Crippen MR) is 64.1 cm³/mol. The van der Waals surface area contributed by atoms with E-state index in [-0.39, 0.29) is 0 Å². The molecule has 1 aromatic carbocycles. The fraction of sp³-hybridized carbons (Fsp3) is 0.571. The van der Waals surface area contributed by atoms with Crippen molar-refractivity contribution >= 4 is 0 Å². The van der Waals surface area contributed by atoms with Crippen LogP contribution in [0.3, 0.4) is 0 Å². The summed E-state index contributed by atoms with van der Waals surface area (Å²) in [6.45, 7) is 2.14. The SMILES string of the molecule is CCCc1cccc(C(O)C(O)C2CC2)c1. The second-order valence-corrected chi connectivity index (χ2v) is 4.77. The molecule has 88 valence electrons. The summed E-state index contributed by atoms with van der Waals surface area (Å²) in [4.78, 5) is 0. The van der Waals surface area contributed by atoms with Gasteiger partial charge in [0.1, 0.15) is 6.10 Å². The Morgan fingerprint density at radius 3 is 2.69 bits per heavy atom. The van der Waals surface area contributed by atoms with E-state index in [9.17, 15) is 10.2 Å². The fourth-order valence-electron chi connectivity index (χ4n) is 2.11. The highest BCUT2D eigenvalue weighted by atomic mass is 16.3. The van der Waals surface area contributed by atoms with Crippen molar-refractivity contribution in [2.24, 2.45) is 5.92 Å². The van der Waals surface area contributed by atoms with Gasteiger partial charge in [0.05, 0.1) is 6.10 Å². The van der Waals surface area contributed by atoms with Crippen molar-refractivity contribution < 1.29 is 10.2 Å². The molecule has 2 nitrogen and oxygen atoms in total. The second kappa shape index (κ2) is 4.98. The van der Waals surface area contributed by atoms with Crippen molar-refractivity contribution in [3.05, 3.63) is 35.4 Å². The molecule has 0 bridgehead atoms. The highest BCUT2D eigenvalue weighted by Crippen LogP contribution is 2.38. The van der Waals surface area contributed by atoms with Crippen LogP contribution in [-0.2, 0) is 6.42 Å². The summed E-state index contributed by atoms with van der Waals surface area (Å²) >= 11 is 0. The topological polar surface area (TPSA) is 40.5 Å². The third-order valence-electron chi connectivity index (χ3n) is 3.26. The Bertz CT molecular complexity index is 344. The normalized spacial score (nSPS) is 19.4. The lowest BCUT2D eigenvalue weighted by molar-refractivity contribution is 0.00481. The average molecular weight is 220 g/mol. The van der Waals surface area contributed by atoms with Gasteiger partial charge in [0.25, 0.3) is 0 Å². The van der Waals surface area contributed by atoms with E-state index < -0.39 is 12.2 Å². The Morgan fingerprint density at radius 1 is 1.31 bits per heavy atom. The fourth-order valence-corrected chi connectivity index (χ4v) is 2.11. The van der Waals surface area contributed by atoms with E-state index >= 15 is 0 Å². The molecule has 1 aliphatic rings. The smallest absolute Gasteiger partial charge is 0.105 e. The summed E-state index contributed by atoms with van der Waals surface area (Å²) in [5.74, 6) is 0.310. The summed E-state index contributed by atoms with van der Waals surface area (Å²) in [5.41, 5.74) is 2.09. The van der Waals surface area contributed by atoms with Crippen LogP contribution in [0.25, 0.3) is 0 Å². The molecule has 0 saturated heterocycles. The Labute approximate surface area is 96.9 Å². The van der Waals surface area contributed by atoms with Gasteiger partial charge in [-0.3, -0.25) is 0 Å². The number of aliphatic hydroxyl groups is 2. The van der Waals surface area contributed by atoms with Crippen molar-refractivity contribution in [3.8, 4) is 0 Å². The van der Waals surface area contributed by atoms with E-state index in [4.69, 9.17) is 0 Å². The first-order chi connectivity index (χ1) is 7.72. The lowest BCUT2D eigenvalue weighted by atomic mass is 9.98. The standard InChI is InChI=1S/C14H20O2/c1-2-4-10-5-3-6-12(9-10)14(16)13(15)11-7-8-11/h3,5-6,9,11,13-16H,2,4,7-8H2,1H3. The molecule has 1 saturated carbocycles. The number of hydrogen-bond donors (Lipinski definition) is 2. The minimum Gasteiger partial charge on any atom is -0.390 e. The van der Waals surface area contributed by atoms with E-state index in [1.54, 1.807) is 0 Å². The molecule has 2 rings (SSSR count). The largest absolute Gasteiger partial charge is 0.390 e. The maximum atomic E-state index is 10.0. The molecule has 2 N–H and O–H groups in total. The summed E-state index contributed by atoms with van der Waals surface area (Å²) in [5, 5.41) is 19.9. The van der Waals surface area contributed by atoms with Crippen molar-refractivity contribution in [2.45, 2.75) is 44.8 Å². The van der Waals surface area contributed by atoms with Gasteiger partial charge in [0, 0.05) is 0 Å². The van der Waals surface area contributed by atoms with Gasteiger partial charge < -0.3 is 10.2 Å². The second-order valence-electron chi connectivity index (χ2n) is 4.77. The first kappa shape index (κ1) is 11.6. The van der Waals surface area contributed by atoms with Gasteiger partial charge in [-0.1, -0.05) is 37.6 Å². The van der Waals surface area contributed by atoms with Crippen LogP contribution in [0.4, 0.5) is 0 Å². The summed E-state index contributed by atoms with van der Waals surface area (Å²) in [6, 6.07) is 7.95. The lowest BCUT2D eigenvalue weighted by Crippen LogP contribution is -2.20. The van der Waals surface area contributed by atoms with E-state index in [0.717, 1.165) is 31.2 Å². The van der Waals surface area contributed by atoms with Crippen LogP contribution in [0.1, 0.15) is 43.4 Å².